The van der Waals surface area contributed by atoms with Gasteiger partial charge >= 0.3 is 0 Å². The summed E-state index contributed by atoms with van der Waals surface area (Å²) >= 11 is 0. The second-order valence-electron chi connectivity index (χ2n) is 5.16. The highest BCUT2D eigenvalue weighted by Gasteiger charge is 2.11. The van der Waals surface area contributed by atoms with E-state index in [1.807, 2.05) is 33.3 Å². The summed E-state index contributed by atoms with van der Waals surface area (Å²) in [5.41, 5.74) is 3.55. The van der Waals surface area contributed by atoms with Gasteiger partial charge in [-0.05, 0) is 48.9 Å². The topological polar surface area (TPSA) is 15.3 Å². The first-order chi connectivity index (χ1) is 9.60. The van der Waals surface area contributed by atoms with Gasteiger partial charge in [0.05, 0.1) is 0 Å². The molecule has 106 valence electrons. The number of nitrogens with zero attached hydrogens (tertiary/aromatic N) is 1. The second kappa shape index (κ2) is 6.53. The summed E-state index contributed by atoms with van der Waals surface area (Å²) in [7, 11) is 6.03. The zero-order valence-corrected chi connectivity index (χ0v) is 12.2. The van der Waals surface area contributed by atoms with Gasteiger partial charge in [0.25, 0.3) is 0 Å². The van der Waals surface area contributed by atoms with Gasteiger partial charge in [-0.15, -0.1) is 0 Å². The van der Waals surface area contributed by atoms with Crippen LogP contribution in [0, 0.1) is 5.82 Å². The van der Waals surface area contributed by atoms with Gasteiger partial charge in [-0.25, -0.2) is 4.39 Å². The Balaban J connectivity index is 2.19. The van der Waals surface area contributed by atoms with Crippen LogP contribution in [0.1, 0.15) is 17.2 Å². The van der Waals surface area contributed by atoms with Crippen LogP contribution in [0.4, 0.5) is 10.1 Å². The van der Waals surface area contributed by atoms with Crippen LogP contribution >= 0.6 is 0 Å². The van der Waals surface area contributed by atoms with E-state index in [0.717, 1.165) is 12.0 Å². The largest absolute Gasteiger partial charge is 0.378 e. The van der Waals surface area contributed by atoms with Gasteiger partial charge in [-0.1, -0.05) is 24.3 Å². The number of hydrogen-bond donors (Lipinski definition) is 1. The van der Waals surface area contributed by atoms with Crippen LogP contribution in [-0.2, 0) is 6.42 Å². The molecule has 2 aromatic rings. The predicted octanol–water partition coefficient (Wildman–Crippen LogP) is 3.39. The van der Waals surface area contributed by atoms with E-state index in [0.29, 0.717) is 0 Å². The van der Waals surface area contributed by atoms with E-state index in [9.17, 15) is 4.39 Å². The lowest BCUT2D eigenvalue weighted by molar-refractivity contribution is 0.589. The Morgan fingerprint density at radius 3 is 2.40 bits per heavy atom. The maximum atomic E-state index is 12.9. The molecule has 2 aromatic carbocycles. The molecule has 0 aliphatic carbocycles. The van der Waals surface area contributed by atoms with Gasteiger partial charge in [0.15, 0.2) is 0 Å². The van der Waals surface area contributed by atoms with Crippen LogP contribution in [0.3, 0.4) is 0 Å². The molecule has 0 heterocycles. The smallest absolute Gasteiger partial charge is 0.123 e. The molecule has 1 unspecified atom stereocenters. The Bertz CT molecular complexity index is 549. The first-order valence-electron chi connectivity index (χ1n) is 6.79. The van der Waals surface area contributed by atoms with E-state index in [1.54, 1.807) is 0 Å². The molecular weight excluding hydrogens is 251 g/mol. The summed E-state index contributed by atoms with van der Waals surface area (Å²) in [6.45, 7) is 0. The average Bonchev–Trinajstić information content (AvgIpc) is 2.46. The van der Waals surface area contributed by atoms with Crippen molar-refractivity contribution in [3.63, 3.8) is 0 Å². The molecule has 0 aromatic heterocycles. The Kier molecular flexibility index (Phi) is 4.74. The second-order valence-corrected chi connectivity index (χ2v) is 5.16. The number of halogens is 1. The zero-order valence-electron chi connectivity index (χ0n) is 12.2. The van der Waals surface area contributed by atoms with Crippen LogP contribution < -0.4 is 10.2 Å². The highest BCUT2D eigenvalue weighted by molar-refractivity contribution is 5.48. The molecule has 0 aliphatic rings. The third-order valence-corrected chi connectivity index (χ3v) is 3.49. The van der Waals surface area contributed by atoms with Crippen molar-refractivity contribution in [1.82, 2.24) is 5.32 Å². The van der Waals surface area contributed by atoms with Gasteiger partial charge in [0.2, 0.25) is 0 Å². The van der Waals surface area contributed by atoms with Crippen LogP contribution in [0.5, 0.6) is 0 Å². The van der Waals surface area contributed by atoms with E-state index in [1.165, 1.54) is 23.4 Å². The van der Waals surface area contributed by atoms with E-state index in [4.69, 9.17) is 0 Å². The van der Waals surface area contributed by atoms with E-state index >= 15 is 0 Å². The van der Waals surface area contributed by atoms with E-state index < -0.39 is 0 Å². The van der Waals surface area contributed by atoms with Gasteiger partial charge in [-0.2, -0.15) is 0 Å². The van der Waals surface area contributed by atoms with Crippen molar-refractivity contribution < 1.29 is 4.39 Å². The van der Waals surface area contributed by atoms with Crippen LogP contribution in [0.2, 0.25) is 0 Å². The lowest BCUT2D eigenvalue weighted by Crippen LogP contribution is -2.19. The molecule has 2 rings (SSSR count). The molecule has 0 aliphatic heterocycles. The fourth-order valence-electron chi connectivity index (χ4n) is 2.26. The minimum Gasteiger partial charge on any atom is -0.378 e. The summed E-state index contributed by atoms with van der Waals surface area (Å²) < 4.78 is 12.9. The first-order valence-corrected chi connectivity index (χ1v) is 6.79. The van der Waals surface area contributed by atoms with Crippen molar-refractivity contribution in [2.75, 3.05) is 26.0 Å². The molecule has 0 spiro atoms. The van der Waals surface area contributed by atoms with Gasteiger partial charge < -0.3 is 10.2 Å². The average molecular weight is 272 g/mol. The number of likely N-dealkylation sites (N-methyl/N-ethyl adjacent to an activating group) is 1. The SMILES string of the molecule is CNC(Cc1ccc(F)cc1)c1cccc(N(C)C)c1. The highest BCUT2D eigenvalue weighted by Crippen LogP contribution is 2.22. The number of benzene rings is 2. The Hall–Kier alpha value is -1.87. The molecule has 0 bridgehead atoms. The maximum Gasteiger partial charge on any atom is 0.123 e. The fraction of sp³-hybridized carbons (Fsp3) is 0.294. The normalized spacial score (nSPS) is 12.2. The molecule has 0 amide bonds. The van der Waals surface area contributed by atoms with Crippen LogP contribution in [0.15, 0.2) is 48.5 Å². The zero-order chi connectivity index (χ0) is 14.5. The molecule has 1 atom stereocenters. The van der Waals surface area contributed by atoms with Gasteiger partial charge in [0.1, 0.15) is 5.82 Å². The van der Waals surface area contributed by atoms with Crippen molar-refractivity contribution in [3.05, 3.63) is 65.5 Å². The van der Waals surface area contributed by atoms with Crippen molar-refractivity contribution in [3.8, 4) is 0 Å². The fourth-order valence-corrected chi connectivity index (χ4v) is 2.26. The summed E-state index contributed by atoms with van der Waals surface area (Å²) in [6, 6.07) is 15.4. The third-order valence-electron chi connectivity index (χ3n) is 3.49. The quantitative estimate of drug-likeness (QED) is 0.897. The molecule has 20 heavy (non-hydrogen) atoms. The third kappa shape index (κ3) is 3.58. The standard InChI is InChI=1S/C17H21FN2/c1-19-17(11-13-7-9-15(18)10-8-13)14-5-4-6-16(12-14)20(2)3/h4-10,12,17,19H,11H2,1-3H3. The van der Waals surface area contributed by atoms with Crippen molar-refractivity contribution in [2.24, 2.45) is 0 Å². The number of nitrogens with one attached hydrogen (secondary N) is 1. The monoisotopic (exact) mass is 272 g/mol. The van der Waals surface area contributed by atoms with E-state index in [2.05, 4.69) is 34.5 Å². The van der Waals surface area contributed by atoms with Crippen molar-refractivity contribution in [1.29, 1.82) is 0 Å². The maximum absolute atomic E-state index is 12.9. The summed E-state index contributed by atoms with van der Waals surface area (Å²) in [6.07, 6.45) is 0.841. The minimum atomic E-state index is -0.190. The Labute approximate surface area is 120 Å². The molecule has 0 fully saturated rings. The lowest BCUT2D eigenvalue weighted by Gasteiger charge is -2.20. The molecule has 0 saturated carbocycles. The number of anilines is 1. The van der Waals surface area contributed by atoms with Crippen LogP contribution in [0.25, 0.3) is 0 Å². The minimum absolute atomic E-state index is 0.190. The Morgan fingerprint density at radius 1 is 1.10 bits per heavy atom. The molecule has 0 radical (unpaired) electrons. The summed E-state index contributed by atoms with van der Waals surface area (Å²) in [5, 5.41) is 3.34. The van der Waals surface area contributed by atoms with Crippen molar-refractivity contribution >= 4 is 5.69 Å². The number of hydrogen-bond acceptors (Lipinski definition) is 2. The lowest BCUT2D eigenvalue weighted by atomic mass is 9.98. The predicted molar refractivity (Wildman–Crippen MR) is 82.7 cm³/mol. The van der Waals surface area contributed by atoms with Gasteiger partial charge in [0, 0.05) is 25.8 Å². The molecule has 1 N–H and O–H groups in total. The summed E-state index contributed by atoms with van der Waals surface area (Å²) in [5.74, 6) is -0.190. The van der Waals surface area contributed by atoms with Gasteiger partial charge in [-0.3, -0.25) is 0 Å². The number of rotatable bonds is 5. The first kappa shape index (κ1) is 14.5. The Morgan fingerprint density at radius 2 is 1.80 bits per heavy atom. The highest BCUT2D eigenvalue weighted by atomic mass is 19.1. The van der Waals surface area contributed by atoms with Crippen LogP contribution in [-0.4, -0.2) is 21.1 Å². The summed E-state index contributed by atoms with van der Waals surface area (Å²) in [4.78, 5) is 2.09. The molecule has 3 heteroatoms. The molecular formula is C17H21FN2. The molecule has 0 saturated heterocycles. The van der Waals surface area contributed by atoms with Crippen molar-refractivity contribution in [2.45, 2.75) is 12.5 Å². The van der Waals surface area contributed by atoms with E-state index in [-0.39, 0.29) is 11.9 Å². The molecule has 2 nitrogen and oxygen atoms in total.